The van der Waals surface area contributed by atoms with E-state index in [9.17, 15) is 4.79 Å². The lowest BCUT2D eigenvalue weighted by Gasteiger charge is -2.25. The second-order valence-electron chi connectivity index (χ2n) is 6.54. The molecule has 0 saturated carbocycles. The first kappa shape index (κ1) is 16.4. The third kappa shape index (κ3) is 3.08. The molecule has 0 bridgehead atoms. The summed E-state index contributed by atoms with van der Waals surface area (Å²) in [6, 6.07) is 5.51. The molecule has 1 N–H and O–H groups in total. The molecule has 0 radical (unpaired) electrons. The van der Waals surface area contributed by atoms with Crippen LogP contribution in [0.2, 0.25) is 0 Å². The Kier molecular flexibility index (Phi) is 4.20. The van der Waals surface area contributed by atoms with E-state index in [-0.39, 0.29) is 11.9 Å². The van der Waals surface area contributed by atoms with Crippen LogP contribution in [0.15, 0.2) is 36.8 Å². The number of carbonyl (C=O) groups is 1. The van der Waals surface area contributed by atoms with E-state index in [4.69, 9.17) is 4.98 Å². The minimum Gasteiger partial charge on any atom is -0.344 e. The predicted molar refractivity (Wildman–Crippen MR) is 96.4 cm³/mol. The van der Waals surface area contributed by atoms with Crippen molar-refractivity contribution in [3.05, 3.63) is 59.4 Å². The van der Waals surface area contributed by atoms with Crippen molar-refractivity contribution in [3.8, 4) is 11.4 Å². The minimum absolute atomic E-state index is 0.0760. The van der Waals surface area contributed by atoms with Crippen LogP contribution < -0.4 is 5.32 Å². The second kappa shape index (κ2) is 6.67. The van der Waals surface area contributed by atoms with E-state index in [1.54, 1.807) is 30.2 Å². The summed E-state index contributed by atoms with van der Waals surface area (Å²) in [4.78, 5) is 25.9. The molecule has 0 unspecified atom stereocenters. The van der Waals surface area contributed by atoms with Gasteiger partial charge < -0.3 is 5.32 Å². The molecule has 26 heavy (non-hydrogen) atoms. The number of aromatic nitrogens is 5. The molecule has 3 aromatic rings. The number of fused-ring (bicyclic) bond motifs is 1. The average Bonchev–Trinajstić information content (AvgIpc) is 3.00. The maximum Gasteiger partial charge on any atom is 0.270 e. The fourth-order valence-electron chi connectivity index (χ4n) is 3.39. The topological polar surface area (TPSA) is 85.6 Å². The van der Waals surface area contributed by atoms with Gasteiger partial charge >= 0.3 is 0 Å². The second-order valence-corrected chi connectivity index (χ2v) is 6.54. The van der Waals surface area contributed by atoms with Gasteiger partial charge in [0, 0.05) is 42.5 Å². The molecular weight excluding hydrogens is 328 g/mol. The highest BCUT2D eigenvalue weighted by molar-refractivity contribution is 5.93. The van der Waals surface area contributed by atoms with Crippen LogP contribution >= 0.6 is 0 Å². The molecule has 7 heteroatoms. The Balaban J connectivity index is 1.59. The Bertz CT molecular complexity index is 950. The smallest absolute Gasteiger partial charge is 0.270 e. The summed E-state index contributed by atoms with van der Waals surface area (Å²) in [5.74, 6) is 0.574. The normalized spacial score (nSPS) is 16.2. The molecule has 1 amide bonds. The number of amides is 1. The molecule has 0 saturated heterocycles. The van der Waals surface area contributed by atoms with E-state index in [1.165, 1.54) is 0 Å². The van der Waals surface area contributed by atoms with Crippen LogP contribution in [0.25, 0.3) is 11.4 Å². The SMILES string of the molecule is Cc1cc(C(=O)N[C@@H]2CCCc3nc(-c4ccncc4)ncc32)n(C)n1. The van der Waals surface area contributed by atoms with E-state index >= 15 is 0 Å². The highest BCUT2D eigenvalue weighted by atomic mass is 16.2. The van der Waals surface area contributed by atoms with Crippen LogP contribution in [0.3, 0.4) is 0 Å². The molecule has 4 rings (SSSR count). The summed E-state index contributed by atoms with van der Waals surface area (Å²) in [6.45, 7) is 1.88. The zero-order chi connectivity index (χ0) is 18.1. The summed E-state index contributed by atoms with van der Waals surface area (Å²) in [7, 11) is 1.78. The Morgan fingerprint density at radius 3 is 2.85 bits per heavy atom. The summed E-state index contributed by atoms with van der Waals surface area (Å²) < 4.78 is 1.61. The van der Waals surface area contributed by atoms with Gasteiger partial charge in [-0.1, -0.05) is 0 Å². The van der Waals surface area contributed by atoms with Crippen molar-refractivity contribution in [2.75, 3.05) is 0 Å². The lowest BCUT2D eigenvalue weighted by molar-refractivity contribution is 0.0923. The summed E-state index contributed by atoms with van der Waals surface area (Å²) in [5, 5.41) is 7.36. The van der Waals surface area contributed by atoms with Crippen LogP contribution in [-0.4, -0.2) is 30.6 Å². The molecule has 3 heterocycles. The Hall–Kier alpha value is -3.09. The number of aryl methyl sites for hydroxylation is 3. The molecule has 0 aromatic carbocycles. The third-order valence-electron chi connectivity index (χ3n) is 4.66. The standard InChI is InChI=1S/C19H20N6O/c1-12-10-17(25(2)24-12)19(26)23-16-5-3-4-15-14(16)11-21-18(22-15)13-6-8-20-9-7-13/h6-11,16H,3-5H2,1-2H3,(H,23,26)/t16-/m1/s1. The van der Waals surface area contributed by atoms with Crippen molar-refractivity contribution < 1.29 is 4.79 Å². The first-order chi connectivity index (χ1) is 12.6. The summed E-state index contributed by atoms with van der Waals surface area (Å²) in [5.41, 5.74) is 4.33. The fourth-order valence-corrected chi connectivity index (χ4v) is 3.39. The highest BCUT2D eigenvalue weighted by Crippen LogP contribution is 2.29. The van der Waals surface area contributed by atoms with Crippen molar-refractivity contribution in [1.82, 2.24) is 30.0 Å². The minimum atomic E-state index is -0.121. The van der Waals surface area contributed by atoms with Crippen LogP contribution in [-0.2, 0) is 13.5 Å². The number of rotatable bonds is 3. The van der Waals surface area contributed by atoms with Gasteiger partial charge in [-0.3, -0.25) is 14.5 Å². The van der Waals surface area contributed by atoms with Crippen LogP contribution in [0.4, 0.5) is 0 Å². The lowest BCUT2D eigenvalue weighted by Crippen LogP contribution is -2.32. The van der Waals surface area contributed by atoms with Gasteiger partial charge in [0.25, 0.3) is 5.91 Å². The molecule has 0 aliphatic heterocycles. The number of hydrogen-bond donors (Lipinski definition) is 1. The maximum absolute atomic E-state index is 12.6. The van der Waals surface area contributed by atoms with Crippen molar-refractivity contribution in [2.24, 2.45) is 7.05 Å². The van der Waals surface area contributed by atoms with Gasteiger partial charge in [0.15, 0.2) is 5.82 Å². The van der Waals surface area contributed by atoms with Gasteiger partial charge in [-0.2, -0.15) is 5.10 Å². The quantitative estimate of drug-likeness (QED) is 0.785. The number of nitrogens with zero attached hydrogens (tertiary/aromatic N) is 5. The third-order valence-corrected chi connectivity index (χ3v) is 4.66. The first-order valence-electron chi connectivity index (χ1n) is 8.69. The van der Waals surface area contributed by atoms with Gasteiger partial charge in [0.1, 0.15) is 5.69 Å². The zero-order valence-electron chi connectivity index (χ0n) is 14.8. The van der Waals surface area contributed by atoms with Gasteiger partial charge in [-0.05, 0) is 44.4 Å². The van der Waals surface area contributed by atoms with Gasteiger partial charge in [0.05, 0.1) is 11.7 Å². The molecule has 7 nitrogen and oxygen atoms in total. The highest BCUT2D eigenvalue weighted by Gasteiger charge is 2.25. The molecule has 0 fully saturated rings. The summed E-state index contributed by atoms with van der Waals surface area (Å²) in [6.07, 6.45) is 8.07. The molecule has 1 aliphatic rings. The first-order valence-corrected chi connectivity index (χ1v) is 8.69. The molecular formula is C19H20N6O. The van der Waals surface area contributed by atoms with E-state index in [2.05, 4.69) is 20.4 Å². The van der Waals surface area contributed by atoms with Crippen LogP contribution in [0.5, 0.6) is 0 Å². The maximum atomic E-state index is 12.6. The molecule has 1 aliphatic carbocycles. The van der Waals surface area contributed by atoms with Crippen molar-refractivity contribution >= 4 is 5.91 Å². The average molecular weight is 348 g/mol. The summed E-state index contributed by atoms with van der Waals surface area (Å²) >= 11 is 0. The Morgan fingerprint density at radius 1 is 1.31 bits per heavy atom. The van der Waals surface area contributed by atoms with E-state index in [0.29, 0.717) is 11.5 Å². The van der Waals surface area contributed by atoms with Gasteiger partial charge in [-0.15, -0.1) is 0 Å². The van der Waals surface area contributed by atoms with Crippen LogP contribution in [0, 0.1) is 6.92 Å². The van der Waals surface area contributed by atoms with Crippen molar-refractivity contribution in [1.29, 1.82) is 0 Å². The number of nitrogens with one attached hydrogen (secondary N) is 1. The van der Waals surface area contributed by atoms with Gasteiger partial charge in [0.2, 0.25) is 0 Å². The van der Waals surface area contributed by atoms with Crippen LogP contribution in [0.1, 0.15) is 46.3 Å². The van der Waals surface area contributed by atoms with Crippen molar-refractivity contribution in [2.45, 2.75) is 32.2 Å². The van der Waals surface area contributed by atoms with Gasteiger partial charge in [-0.25, -0.2) is 9.97 Å². The molecule has 132 valence electrons. The fraction of sp³-hybridized carbons (Fsp3) is 0.316. The van der Waals surface area contributed by atoms with Crippen molar-refractivity contribution in [3.63, 3.8) is 0 Å². The molecule has 1 atom stereocenters. The molecule has 0 spiro atoms. The zero-order valence-corrected chi connectivity index (χ0v) is 14.8. The Labute approximate surface area is 151 Å². The van der Waals surface area contributed by atoms with E-state index in [1.807, 2.05) is 25.3 Å². The molecule has 3 aromatic heterocycles. The predicted octanol–water partition coefficient (Wildman–Crippen LogP) is 2.39. The largest absolute Gasteiger partial charge is 0.344 e. The number of hydrogen-bond acceptors (Lipinski definition) is 5. The number of carbonyl (C=O) groups excluding carboxylic acids is 1. The van der Waals surface area contributed by atoms with E-state index < -0.39 is 0 Å². The number of pyridine rings is 1. The lowest BCUT2D eigenvalue weighted by atomic mass is 9.92. The van der Waals surface area contributed by atoms with E-state index in [0.717, 1.165) is 41.8 Å². The Morgan fingerprint density at radius 2 is 2.12 bits per heavy atom. The monoisotopic (exact) mass is 348 g/mol.